The quantitative estimate of drug-likeness (QED) is 0.520. The van der Waals surface area contributed by atoms with Crippen LogP contribution in [-0.2, 0) is 24.3 Å². The molecule has 2 aromatic rings. The molecule has 0 N–H and O–H groups in total. The van der Waals surface area contributed by atoms with Crippen molar-refractivity contribution >= 4 is 22.6 Å². The Morgan fingerprint density at radius 2 is 2.05 bits per heavy atom. The summed E-state index contributed by atoms with van der Waals surface area (Å²) < 4.78 is 9.46. The summed E-state index contributed by atoms with van der Waals surface area (Å²) in [5.41, 5.74) is 2.54. The van der Waals surface area contributed by atoms with E-state index >= 15 is 0 Å². The maximum atomic E-state index is 5.79. The number of ether oxygens (including phenoxy) is 1. The van der Waals surface area contributed by atoms with E-state index in [9.17, 15) is 0 Å². The van der Waals surface area contributed by atoms with Crippen molar-refractivity contribution in [3.63, 3.8) is 0 Å². The monoisotopic (exact) mass is 396 g/mol. The summed E-state index contributed by atoms with van der Waals surface area (Å²) in [6.45, 7) is 4.59. The van der Waals surface area contributed by atoms with Gasteiger partial charge in [0.2, 0.25) is 0 Å². The predicted molar refractivity (Wildman–Crippen MR) is 92.4 cm³/mol. The van der Waals surface area contributed by atoms with Crippen LogP contribution in [0.1, 0.15) is 42.8 Å². The van der Waals surface area contributed by atoms with E-state index in [1.54, 1.807) is 0 Å². The average Bonchev–Trinajstić information content (AvgIpc) is 3.30. The zero-order valence-corrected chi connectivity index (χ0v) is 14.5. The van der Waals surface area contributed by atoms with Crippen molar-refractivity contribution in [2.24, 2.45) is 0 Å². The molecule has 1 aliphatic rings. The topological polar surface area (TPSA) is 27.1 Å². The molecule has 0 saturated heterocycles. The Hall–Kier alpha value is -0.880. The van der Waals surface area contributed by atoms with Gasteiger partial charge in [-0.1, -0.05) is 30.3 Å². The second-order valence-corrected chi connectivity index (χ2v) is 6.53. The lowest BCUT2D eigenvalue weighted by molar-refractivity contribution is 0.122. The molecule has 1 aromatic heterocycles. The molecule has 4 heteroatoms. The molecule has 1 aliphatic carbocycles. The zero-order chi connectivity index (χ0) is 14.7. The fourth-order valence-electron chi connectivity index (χ4n) is 2.55. The lowest BCUT2D eigenvalue weighted by atomic mass is 10.2. The summed E-state index contributed by atoms with van der Waals surface area (Å²) in [6, 6.07) is 10.3. The molecule has 0 radical (unpaired) electrons. The predicted octanol–water partition coefficient (Wildman–Crippen LogP) is 4.14. The highest BCUT2D eigenvalue weighted by molar-refractivity contribution is 14.1. The Morgan fingerprint density at radius 3 is 2.71 bits per heavy atom. The van der Waals surface area contributed by atoms with Crippen LogP contribution in [-0.4, -0.2) is 16.2 Å². The fourth-order valence-corrected chi connectivity index (χ4v) is 3.73. The van der Waals surface area contributed by atoms with Crippen molar-refractivity contribution in [1.29, 1.82) is 0 Å². The summed E-state index contributed by atoms with van der Waals surface area (Å²) in [4.78, 5) is 4.86. The zero-order valence-electron chi connectivity index (χ0n) is 12.4. The third-order valence-electron chi connectivity index (χ3n) is 3.87. The van der Waals surface area contributed by atoms with E-state index in [2.05, 4.69) is 46.2 Å². The molecule has 21 heavy (non-hydrogen) atoms. The van der Waals surface area contributed by atoms with Crippen molar-refractivity contribution in [3.8, 4) is 0 Å². The van der Waals surface area contributed by atoms with E-state index in [1.165, 1.54) is 33.6 Å². The van der Waals surface area contributed by atoms with Gasteiger partial charge in [-0.25, -0.2) is 4.98 Å². The SMILES string of the molecule is CCn1c(CCOCc2ccccc2)nc(C2CC2)c1I. The molecule has 3 nitrogen and oxygen atoms in total. The first-order valence-electron chi connectivity index (χ1n) is 7.66. The van der Waals surface area contributed by atoms with Crippen LogP contribution in [0.5, 0.6) is 0 Å². The average molecular weight is 396 g/mol. The maximum absolute atomic E-state index is 5.79. The van der Waals surface area contributed by atoms with Crippen LogP contribution in [0.15, 0.2) is 30.3 Å². The smallest absolute Gasteiger partial charge is 0.112 e. The van der Waals surface area contributed by atoms with E-state index in [4.69, 9.17) is 9.72 Å². The van der Waals surface area contributed by atoms with E-state index in [-0.39, 0.29) is 0 Å². The summed E-state index contributed by atoms with van der Waals surface area (Å²) in [5.74, 6) is 1.89. The first kappa shape index (κ1) is 15.0. The molecule has 3 rings (SSSR count). The maximum Gasteiger partial charge on any atom is 0.112 e. The van der Waals surface area contributed by atoms with E-state index in [0.717, 1.165) is 19.6 Å². The summed E-state index contributed by atoms with van der Waals surface area (Å²) >= 11 is 2.45. The molecule has 0 spiro atoms. The van der Waals surface area contributed by atoms with Gasteiger partial charge in [-0.3, -0.25) is 0 Å². The van der Waals surface area contributed by atoms with Crippen LogP contribution >= 0.6 is 22.6 Å². The van der Waals surface area contributed by atoms with E-state index in [1.807, 2.05) is 18.2 Å². The van der Waals surface area contributed by atoms with Gasteiger partial charge in [-0.15, -0.1) is 0 Å². The molecule has 1 saturated carbocycles. The third kappa shape index (κ3) is 3.66. The van der Waals surface area contributed by atoms with E-state index in [0.29, 0.717) is 12.5 Å². The molecule has 1 fully saturated rings. The van der Waals surface area contributed by atoms with Crippen molar-refractivity contribution < 1.29 is 4.74 Å². The minimum Gasteiger partial charge on any atom is -0.376 e. The van der Waals surface area contributed by atoms with Crippen LogP contribution in [0.4, 0.5) is 0 Å². The Labute approximate surface area is 139 Å². The van der Waals surface area contributed by atoms with Crippen molar-refractivity contribution in [3.05, 3.63) is 51.1 Å². The molecular weight excluding hydrogens is 375 g/mol. The fraction of sp³-hybridized carbons (Fsp3) is 0.471. The normalized spacial score (nSPS) is 14.6. The first-order chi connectivity index (χ1) is 10.3. The highest BCUT2D eigenvalue weighted by Crippen LogP contribution is 2.41. The highest BCUT2D eigenvalue weighted by Gasteiger charge is 2.30. The van der Waals surface area contributed by atoms with Gasteiger partial charge >= 0.3 is 0 Å². The minimum absolute atomic E-state index is 0.681. The number of aromatic nitrogens is 2. The van der Waals surface area contributed by atoms with Gasteiger partial charge < -0.3 is 9.30 Å². The number of halogens is 1. The minimum atomic E-state index is 0.681. The Kier molecular flexibility index (Phi) is 4.95. The Balaban J connectivity index is 1.56. The number of benzene rings is 1. The van der Waals surface area contributed by atoms with Crippen LogP contribution < -0.4 is 0 Å². The number of imidazole rings is 1. The lowest BCUT2D eigenvalue weighted by Crippen LogP contribution is -2.07. The largest absolute Gasteiger partial charge is 0.376 e. The van der Waals surface area contributed by atoms with Gasteiger partial charge in [-0.2, -0.15) is 0 Å². The summed E-state index contributed by atoms with van der Waals surface area (Å²) in [7, 11) is 0. The molecule has 0 aliphatic heterocycles. The van der Waals surface area contributed by atoms with Gasteiger partial charge in [0, 0.05) is 18.9 Å². The molecule has 0 bridgehead atoms. The number of rotatable bonds is 7. The molecule has 1 aromatic carbocycles. The first-order valence-corrected chi connectivity index (χ1v) is 8.74. The molecule has 0 atom stereocenters. The number of nitrogens with zero attached hydrogens (tertiary/aromatic N) is 2. The molecule has 0 unspecified atom stereocenters. The van der Waals surface area contributed by atoms with Crippen LogP contribution in [0.2, 0.25) is 0 Å². The highest BCUT2D eigenvalue weighted by atomic mass is 127. The van der Waals surface area contributed by atoms with Crippen molar-refractivity contribution in [2.45, 2.75) is 45.3 Å². The second-order valence-electron chi connectivity index (χ2n) is 5.51. The third-order valence-corrected chi connectivity index (χ3v) is 5.01. The Morgan fingerprint density at radius 1 is 1.29 bits per heavy atom. The molecular formula is C17H21IN2O. The molecule has 1 heterocycles. The van der Waals surface area contributed by atoms with Gasteiger partial charge in [0.05, 0.1) is 18.9 Å². The summed E-state index contributed by atoms with van der Waals surface area (Å²) in [5, 5.41) is 0. The van der Waals surface area contributed by atoms with Gasteiger partial charge in [0.25, 0.3) is 0 Å². The van der Waals surface area contributed by atoms with E-state index < -0.39 is 0 Å². The second kappa shape index (κ2) is 6.92. The van der Waals surface area contributed by atoms with Gasteiger partial charge in [0.15, 0.2) is 0 Å². The lowest BCUT2D eigenvalue weighted by Gasteiger charge is -2.07. The van der Waals surface area contributed by atoms with Crippen molar-refractivity contribution in [1.82, 2.24) is 9.55 Å². The van der Waals surface area contributed by atoms with Crippen LogP contribution in [0.25, 0.3) is 0 Å². The number of hydrogen-bond donors (Lipinski definition) is 0. The Bertz CT molecular complexity index is 590. The molecule has 112 valence electrons. The summed E-state index contributed by atoms with van der Waals surface area (Å²) in [6.07, 6.45) is 3.50. The van der Waals surface area contributed by atoms with Crippen LogP contribution in [0, 0.1) is 3.70 Å². The van der Waals surface area contributed by atoms with Gasteiger partial charge in [-0.05, 0) is 47.9 Å². The standard InChI is InChI=1S/C17H21IN2O/c1-2-20-15(19-16(17(20)18)14-8-9-14)10-11-21-12-13-6-4-3-5-7-13/h3-7,14H,2,8-12H2,1H3. The van der Waals surface area contributed by atoms with Crippen LogP contribution in [0.3, 0.4) is 0 Å². The molecule has 0 amide bonds. The van der Waals surface area contributed by atoms with Crippen molar-refractivity contribution in [2.75, 3.05) is 6.61 Å². The van der Waals surface area contributed by atoms with Gasteiger partial charge in [0.1, 0.15) is 9.53 Å². The number of hydrogen-bond acceptors (Lipinski definition) is 2.